The molecule has 1 amide bonds. The van der Waals surface area contributed by atoms with E-state index in [1.807, 2.05) is 4.90 Å². The highest BCUT2D eigenvalue weighted by Gasteiger charge is 2.37. The van der Waals surface area contributed by atoms with Crippen molar-refractivity contribution in [3.8, 4) is 0 Å². The molecular weight excluding hydrogens is 277 g/mol. The van der Waals surface area contributed by atoms with Crippen LogP contribution in [0.4, 0.5) is 13.2 Å². The third-order valence-electron chi connectivity index (χ3n) is 3.20. The van der Waals surface area contributed by atoms with Crippen LogP contribution in [0, 0.1) is 5.92 Å². The first-order valence-electron chi connectivity index (χ1n) is 6.21. The summed E-state index contributed by atoms with van der Waals surface area (Å²) < 4.78 is 41.5. The summed E-state index contributed by atoms with van der Waals surface area (Å²) in [5.74, 6) is -1.14. The van der Waals surface area contributed by atoms with Gasteiger partial charge in [-0.1, -0.05) is 5.16 Å². The van der Waals surface area contributed by atoms with Crippen molar-refractivity contribution in [3.05, 3.63) is 11.7 Å². The summed E-state index contributed by atoms with van der Waals surface area (Å²) in [4.78, 5) is 16.5. The Morgan fingerprint density at radius 2 is 2.30 bits per heavy atom. The van der Waals surface area contributed by atoms with Gasteiger partial charge in [0.25, 0.3) is 5.82 Å². The summed E-state index contributed by atoms with van der Waals surface area (Å²) in [6.45, 7) is 1.51. The molecule has 2 rings (SSSR count). The Hall–Kier alpha value is -1.64. The fraction of sp³-hybridized carbons (Fsp3) is 0.727. The first kappa shape index (κ1) is 14.8. The lowest BCUT2D eigenvalue weighted by molar-refractivity contribution is -0.146. The number of nitrogens with one attached hydrogen (secondary N) is 1. The zero-order valence-electron chi connectivity index (χ0n) is 10.9. The maximum Gasteiger partial charge on any atom is 0.455 e. The smallest absolute Gasteiger partial charge is 0.359 e. The van der Waals surface area contributed by atoms with Crippen molar-refractivity contribution in [1.82, 2.24) is 20.4 Å². The standard InChI is InChI=1S/C11H15F3N4O2/c1-15-8(19)4-7-2-3-18(5-7)6-9-16-10(17-20-9)11(12,13)14/h7H,2-6H2,1H3,(H,15,19)/t7-/m1/s1. The van der Waals surface area contributed by atoms with E-state index in [2.05, 4.69) is 20.0 Å². The van der Waals surface area contributed by atoms with Crippen LogP contribution in [-0.2, 0) is 17.5 Å². The lowest BCUT2D eigenvalue weighted by atomic mass is 10.1. The van der Waals surface area contributed by atoms with E-state index >= 15 is 0 Å². The van der Waals surface area contributed by atoms with Crippen LogP contribution in [-0.4, -0.2) is 41.1 Å². The molecule has 0 bridgehead atoms. The average Bonchev–Trinajstić information content (AvgIpc) is 2.98. The molecule has 0 radical (unpaired) electrons. The highest BCUT2D eigenvalue weighted by molar-refractivity contribution is 5.75. The number of likely N-dealkylation sites (tertiary alicyclic amines) is 1. The molecule has 1 aromatic rings. The predicted octanol–water partition coefficient (Wildman–Crippen LogP) is 1.05. The molecule has 2 heterocycles. The van der Waals surface area contributed by atoms with Crippen molar-refractivity contribution in [1.29, 1.82) is 0 Å². The quantitative estimate of drug-likeness (QED) is 0.898. The van der Waals surface area contributed by atoms with Gasteiger partial charge in [-0.15, -0.1) is 0 Å². The van der Waals surface area contributed by atoms with Crippen molar-refractivity contribution in [3.63, 3.8) is 0 Å². The molecular formula is C11H15F3N4O2. The van der Waals surface area contributed by atoms with E-state index in [1.54, 1.807) is 7.05 Å². The third-order valence-corrected chi connectivity index (χ3v) is 3.20. The highest BCUT2D eigenvalue weighted by atomic mass is 19.4. The Kier molecular flexibility index (Phi) is 4.26. The summed E-state index contributed by atoms with van der Waals surface area (Å²) in [5.41, 5.74) is 0. The molecule has 1 fully saturated rings. The third kappa shape index (κ3) is 3.69. The molecule has 0 spiro atoms. The number of hydrogen-bond acceptors (Lipinski definition) is 5. The number of carbonyl (C=O) groups is 1. The monoisotopic (exact) mass is 292 g/mol. The van der Waals surface area contributed by atoms with Crippen LogP contribution >= 0.6 is 0 Å². The Balaban J connectivity index is 1.86. The fourth-order valence-corrected chi connectivity index (χ4v) is 2.21. The van der Waals surface area contributed by atoms with Gasteiger partial charge in [0.05, 0.1) is 6.54 Å². The Bertz CT molecular complexity index is 474. The second kappa shape index (κ2) is 5.78. The minimum Gasteiger partial charge on any atom is -0.359 e. The van der Waals surface area contributed by atoms with Crippen molar-refractivity contribution < 1.29 is 22.5 Å². The zero-order valence-corrected chi connectivity index (χ0v) is 10.9. The van der Waals surface area contributed by atoms with E-state index in [1.165, 1.54) is 0 Å². The van der Waals surface area contributed by atoms with Crippen LogP contribution in [0.5, 0.6) is 0 Å². The topological polar surface area (TPSA) is 71.3 Å². The number of hydrogen-bond donors (Lipinski definition) is 1. The number of alkyl halides is 3. The van der Waals surface area contributed by atoms with Gasteiger partial charge in [0.15, 0.2) is 0 Å². The molecule has 1 N–H and O–H groups in total. The zero-order chi connectivity index (χ0) is 14.8. The Morgan fingerprint density at radius 1 is 1.55 bits per heavy atom. The van der Waals surface area contributed by atoms with Crippen molar-refractivity contribution >= 4 is 5.91 Å². The molecule has 1 atom stereocenters. The molecule has 0 aliphatic carbocycles. The SMILES string of the molecule is CNC(=O)C[C@H]1CCN(Cc2nc(C(F)(F)F)no2)C1. The lowest BCUT2D eigenvalue weighted by Crippen LogP contribution is -2.24. The Morgan fingerprint density at radius 3 is 2.90 bits per heavy atom. The minimum absolute atomic E-state index is 0.0333. The van der Waals surface area contributed by atoms with E-state index in [4.69, 9.17) is 0 Å². The maximum atomic E-state index is 12.3. The van der Waals surface area contributed by atoms with E-state index in [0.717, 1.165) is 6.42 Å². The molecule has 0 unspecified atom stereocenters. The number of halogens is 3. The number of amides is 1. The summed E-state index contributed by atoms with van der Waals surface area (Å²) in [6.07, 6.45) is -3.34. The highest BCUT2D eigenvalue weighted by Crippen LogP contribution is 2.27. The Labute approximate surface area is 113 Å². The first-order valence-corrected chi connectivity index (χ1v) is 6.21. The molecule has 1 aliphatic heterocycles. The molecule has 9 heteroatoms. The van der Waals surface area contributed by atoms with Crippen molar-refractivity contribution in [2.24, 2.45) is 5.92 Å². The molecule has 1 saturated heterocycles. The second-order valence-corrected chi connectivity index (χ2v) is 4.78. The summed E-state index contributed by atoms with van der Waals surface area (Å²) in [5, 5.41) is 5.46. The number of rotatable bonds is 4. The van der Waals surface area contributed by atoms with Gasteiger partial charge in [0.1, 0.15) is 0 Å². The molecule has 20 heavy (non-hydrogen) atoms. The van der Waals surface area contributed by atoms with Gasteiger partial charge in [0.2, 0.25) is 11.8 Å². The van der Waals surface area contributed by atoms with Crippen LogP contribution < -0.4 is 5.32 Å². The van der Waals surface area contributed by atoms with Gasteiger partial charge in [-0.05, 0) is 18.9 Å². The van der Waals surface area contributed by atoms with Crippen LogP contribution in [0.3, 0.4) is 0 Å². The first-order chi connectivity index (χ1) is 9.38. The van der Waals surface area contributed by atoms with Crippen LogP contribution in [0.1, 0.15) is 24.6 Å². The van der Waals surface area contributed by atoms with Gasteiger partial charge < -0.3 is 9.84 Å². The lowest BCUT2D eigenvalue weighted by Gasteiger charge is -2.12. The number of nitrogens with zero attached hydrogens (tertiary/aromatic N) is 3. The van der Waals surface area contributed by atoms with Crippen molar-refractivity contribution in [2.45, 2.75) is 25.6 Å². The molecule has 1 aliphatic rings. The summed E-state index contributed by atoms with van der Waals surface area (Å²) >= 11 is 0. The molecule has 0 aromatic carbocycles. The van der Waals surface area contributed by atoms with Crippen LogP contribution in [0.25, 0.3) is 0 Å². The largest absolute Gasteiger partial charge is 0.455 e. The fourth-order valence-electron chi connectivity index (χ4n) is 2.21. The van der Waals surface area contributed by atoms with Gasteiger partial charge >= 0.3 is 6.18 Å². The normalized spacial score (nSPS) is 20.3. The molecule has 6 nitrogen and oxygen atoms in total. The second-order valence-electron chi connectivity index (χ2n) is 4.78. The predicted molar refractivity (Wildman–Crippen MR) is 61.4 cm³/mol. The van der Waals surface area contributed by atoms with Crippen LogP contribution in [0.15, 0.2) is 4.52 Å². The molecule has 1 aromatic heterocycles. The van der Waals surface area contributed by atoms with E-state index in [9.17, 15) is 18.0 Å². The number of carbonyl (C=O) groups excluding carboxylic acids is 1. The van der Waals surface area contributed by atoms with Crippen LogP contribution in [0.2, 0.25) is 0 Å². The maximum absolute atomic E-state index is 12.3. The molecule has 0 saturated carbocycles. The average molecular weight is 292 g/mol. The van der Waals surface area contributed by atoms with E-state index < -0.39 is 12.0 Å². The minimum atomic E-state index is -4.59. The number of aromatic nitrogens is 2. The molecule has 112 valence electrons. The summed E-state index contributed by atoms with van der Waals surface area (Å²) in [6, 6.07) is 0. The van der Waals surface area contributed by atoms with Gasteiger partial charge in [-0.25, -0.2) is 0 Å². The van der Waals surface area contributed by atoms with E-state index in [0.29, 0.717) is 19.5 Å². The summed E-state index contributed by atoms with van der Waals surface area (Å²) in [7, 11) is 1.58. The van der Waals surface area contributed by atoms with Gasteiger partial charge in [-0.2, -0.15) is 18.2 Å². The van der Waals surface area contributed by atoms with E-state index in [-0.39, 0.29) is 24.3 Å². The van der Waals surface area contributed by atoms with Crippen molar-refractivity contribution in [2.75, 3.05) is 20.1 Å². The van der Waals surface area contributed by atoms with Gasteiger partial charge in [-0.3, -0.25) is 9.69 Å². The van der Waals surface area contributed by atoms with Gasteiger partial charge in [0, 0.05) is 20.0 Å².